The number of carbonyl (C=O) groups is 1. The smallest absolute Gasteiger partial charge is 0.251 e. The van der Waals surface area contributed by atoms with E-state index in [1.165, 1.54) is 12.3 Å². The lowest BCUT2D eigenvalue weighted by Crippen LogP contribution is -2.28. The van der Waals surface area contributed by atoms with E-state index < -0.39 is 5.95 Å². The molecule has 0 bridgehead atoms. The normalized spacial score (nSPS) is 22.2. The number of nitrogens with zero attached hydrogens (tertiary/aromatic N) is 1. The predicted octanol–water partition coefficient (Wildman–Crippen LogP) is 1.75. The average molecular weight is 208 g/mol. The molecule has 3 nitrogen and oxygen atoms in total. The van der Waals surface area contributed by atoms with Crippen LogP contribution in [0.2, 0.25) is 0 Å². The van der Waals surface area contributed by atoms with Crippen LogP contribution in [0.5, 0.6) is 0 Å². The standard InChI is InChI=1S/C11H13FN2O/c1-11(2)6-8(11)14-10(15)7-3-4-13-9(12)5-7/h3-5,8H,6H2,1-2H3,(H,14,15). The molecule has 1 fully saturated rings. The molecule has 1 atom stereocenters. The van der Waals surface area contributed by atoms with E-state index in [0.717, 1.165) is 12.5 Å². The molecule has 15 heavy (non-hydrogen) atoms. The van der Waals surface area contributed by atoms with E-state index in [0.29, 0.717) is 5.56 Å². The highest BCUT2D eigenvalue weighted by Crippen LogP contribution is 2.44. The van der Waals surface area contributed by atoms with Gasteiger partial charge in [0.15, 0.2) is 0 Å². The third-order valence-corrected chi connectivity index (χ3v) is 2.81. The summed E-state index contributed by atoms with van der Waals surface area (Å²) in [6.07, 6.45) is 2.27. The van der Waals surface area contributed by atoms with Crippen molar-refractivity contribution in [1.29, 1.82) is 0 Å². The molecule has 1 amide bonds. The van der Waals surface area contributed by atoms with Crippen molar-refractivity contribution in [2.75, 3.05) is 0 Å². The first kappa shape index (κ1) is 10.1. The molecule has 1 saturated carbocycles. The summed E-state index contributed by atoms with van der Waals surface area (Å²) in [5, 5.41) is 2.85. The highest BCUT2D eigenvalue weighted by atomic mass is 19.1. The summed E-state index contributed by atoms with van der Waals surface area (Å²) in [5.74, 6) is -0.857. The van der Waals surface area contributed by atoms with Crippen LogP contribution >= 0.6 is 0 Å². The van der Waals surface area contributed by atoms with Crippen LogP contribution in [0.4, 0.5) is 4.39 Å². The Labute approximate surface area is 87.7 Å². The summed E-state index contributed by atoms with van der Waals surface area (Å²) >= 11 is 0. The van der Waals surface area contributed by atoms with Gasteiger partial charge in [0.1, 0.15) is 0 Å². The molecule has 0 saturated heterocycles. The van der Waals surface area contributed by atoms with Crippen molar-refractivity contribution in [2.24, 2.45) is 5.41 Å². The fraction of sp³-hybridized carbons (Fsp3) is 0.455. The first-order valence-electron chi connectivity index (χ1n) is 4.91. The maximum absolute atomic E-state index is 12.7. The minimum Gasteiger partial charge on any atom is -0.349 e. The number of rotatable bonds is 2. The van der Waals surface area contributed by atoms with Crippen molar-refractivity contribution < 1.29 is 9.18 Å². The Morgan fingerprint density at radius 3 is 2.87 bits per heavy atom. The molecule has 80 valence electrons. The van der Waals surface area contributed by atoms with Gasteiger partial charge in [-0.2, -0.15) is 4.39 Å². The molecule has 1 aromatic rings. The third kappa shape index (κ3) is 2.14. The molecule has 1 aliphatic rings. The monoisotopic (exact) mass is 208 g/mol. The van der Waals surface area contributed by atoms with E-state index in [2.05, 4.69) is 24.1 Å². The van der Waals surface area contributed by atoms with Crippen LogP contribution in [0, 0.1) is 11.4 Å². The van der Waals surface area contributed by atoms with Gasteiger partial charge in [0.2, 0.25) is 5.95 Å². The highest BCUT2D eigenvalue weighted by Gasteiger charge is 2.46. The van der Waals surface area contributed by atoms with Crippen LogP contribution in [0.1, 0.15) is 30.6 Å². The lowest BCUT2D eigenvalue weighted by Gasteiger charge is -2.06. The van der Waals surface area contributed by atoms with E-state index in [-0.39, 0.29) is 17.4 Å². The van der Waals surface area contributed by atoms with Crippen LogP contribution in [0.25, 0.3) is 0 Å². The number of carbonyl (C=O) groups excluding carboxylic acids is 1. The second-order valence-corrected chi connectivity index (χ2v) is 4.59. The van der Waals surface area contributed by atoms with E-state index in [1.54, 1.807) is 0 Å². The largest absolute Gasteiger partial charge is 0.349 e. The first-order valence-corrected chi connectivity index (χ1v) is 4.91. The Morgan fingerprint density at radius 1 is 1.67 bits per heavy atom. The van der Waals surface area contributed by atoms with Gasteiger partial charge in [-0.15, -0.1) is 0 Å². The van der Waals surface area contributed by atoms with Gasteiger partial charge in [0, 0.05) is 23.9 Å². The average Bonchev–Trinajstić information content (AvgIpc) is 2.73. The molecule has 1 N–H and O–H groups in total. The number of hydrogen-bond donors (Lipinski definition) is 1. The molecule has 0 aliphatic heterocycles. The molecule has 1 unspecified atom stereocenters. The molecule has 1 heterocycles. The predicted molar refractivity (Wildman–Crippen MR) is 53.8 cm³/mol. The molecule has 4 heteroatoms. The molecular weight excluding hydrogens is 195 g/mol. The van der Waals surface area contributed by atoms with Gasteiger partial charge >= 0.3 is 0 Å². The molecule has 0 radical (unpaired) electrons. The van der Waals surface area contributed by atoms with E-state index >= 15 is 0 Å². The number of aromatic nitrogens is 1. The van der Waals surface area contributed by atoms with Crippen LogP contribution in [0.15, 0.2) is 18.3 Å². The Balaban J connectivity index is 2.03. The minimum atomic E-state index is -0.627. The summed E-state index contributed by atoms with van der Waals surface area (Å²) < 4.78 is 12.7. The first-order chi connectivity index (χ1) is 6.99. The Hall–Kier alpha value is -1.45. The summed E-state index contributed by atoms with van der Waals surface area (Å²) in [6, 6.07) is 2.86. The van der Waals surface area contributed by atoms with Crippen molar-refractivity contribution in [3.8, 4) is 0 Å². The molecular formula is C11H13FN2O. The third-order valence-electron chi connectivity index (χ3n) is 2.81. The summed E-state index contributed by atoms with van der Waals surface area (Å²) in [5.41, 5.74) is 0.506. The van der Waals surface area contributed by atoms with Crippen molar-refractivity contribution >= 4 is 5.91 Å². The number of halogens is 1. The zero-order valence-electron chi connectivity index (χ0n) is 8.75. The molecule has 0 aromatic carbocycles. The molecule has 1 aliphatic carbocycles. The zero-order chi connectivity index (χ0) is 11.1. The zero-order valence-corrected chi connectivity index (χ0v) is 8.75. The van der Waals surface area contributed by atoms with Crippen molar-refractivity contribution in [3.63, 3.8) is 0 Å². The van der Waals surface area contributed by atoms with E-state index in [1.807, 2.05) is 0 Å². The van der Waals surface area contributed by atoms with Crippen molar-refractivity contribution in [2.45, 2.75) is 26.3 Å². The van der Waals surface area contributed by atoms with Gasteiger partial charge in [-0.05, 0) is 17.9 Å². The topological polar surface area (TPSA) is 42.0 Å². The SMILES string of the molecule is CC1(C)CC1NC(=O)c1ccnc(F)c1. The van der Waals surface area contributed by atoms with E-state index in [4.69, 9.17) is 0 Å². The van der Waals surface area contributed by atoms with Gasteiger partial charge < -0.3 is 5.32 Å². The Kier molecular flexibility index (Phi) is 2.21. The van der Waals surface area contributed by atoms with Crippen LogP contribution in [-0.2, 0) is 0 Å². The molecule has 0 spiro atoms. The summed E-state index contributed by atoms with van der Waals surface area (Å²) in [7, 11) is 0. The maximum atomic E-state index is 12.7. The Bertz CT molecular complexity index is 403. The second kappa shape index (κ2) is 3.29. The highest BCUT2D eigenvalue weighted by molar-refractivity contribution is 5.94. The molecule has 2 rings (SSSR count). The van der Waals surface area contributed by atoms with Crippen LogP contribution < -0.4 is 5.32 Å². The van der Waals surface area contributed by atoms with Gasteiger partial charge in [0.25, 0.3) is 5.91 Å². The number of amides is 1. The van der Waals surface area contributed by atoms with Crippen molar-refractivity contribution in [3.05, 3.63) is 29.8 Å². The van der Waals surface area contributed by atoms with Gasteiger partial charge in [-0.3, -0.25) is 4.79 Å². The molecule has 1 aromatic heterocycles. The lowest BCUT2D eigenvalue weighted by atomic mass is 10.2. The number of nitrogens with one attached hydrogen (secondary N) is 1. The number of pyridine rings is 1. The van der Waals surface area contributed by atoms with Crippen molar-refractivity contribution in [1.82, 2.24) is 10.3 Å². The van der Waals surface area contributed by atoms with E-state index in [9.17, 15) is 9.18 Å². The minimum absolute atomic E-state index is 0.182. The lowest BCUT2D eigenvalue weighted by molar-refractivity contribution is 0.0945. The quantitative estimate of drug-likeness (QED) is 0.752. The number of hydrogen-bond acceptors (Lipinski definition) is 2. The van der Waals surface area contributed by atoms with Gasteiger partial charge in [0.05, 0.1) is 0 Å². The Morgan fingerprint density at radius 2 is 2.33 bits per heavy atom. The van der Waals surface area contributed by atoms with Crippen LogP contribution in [0.3, 0.4) is 0 Å². The summed E-state index contributed by atoms with van der Waals surface area (Å²) in [6.45, 7) is 4.18. The van der Waals surface area contributed by atoms with Gasteiger partial charge in [-0.25, -0.2) is 4.98 Å². The summed E-state index contributed by atoms with van der Waals surface area (Å²) in [4.78, 5) is 15.0. The fourth-order valence-corrected chi connectivity index (χ4v) is 1.50. The van der Waals surface area contributed by atoms with Crippen LogP contribution in [-0.4, -0.2) is 16.9 Å². The maximum Gasteiger partial charge on any atom is 0.251 e. The fourth-order valence-electron chi connectivity index (χ4n) is 1.50. The second-order valence-electron chi connectivity index (χ2n) is 4.59. The van der Waals surface area contributed by atoms with Gasteiger partial charge in [-0.1, -0.05) is 13.8 Å².